The van der Waals surface area contributed by atoms with Crippen molar-refractivity contribution >= 4 is 0 Å². The molecule has 4 rings (SSSR count). The summed E-state index contributed by atoms with van der Waals surface area (Å²) < 4.78 is 0. The summed E-state index contributed by atoms with van der Waals surface area (Å²) in [6.07, 6.45) is 1.45. The molecule has 0 spiro atoms. The topological polar surface area (TPSA) is 36.8 Å². The van der Waals surface area contributed by atoms with Crippen molar-refractivity contribution in [2.45, 2.75) is 44.4 Å². The number of rotatable bonds is 5. The zero-order valence-electron chi connectivity index (χ0n) is 17.4. The lowest BCUT2D eigenvalue weighted by Crippen LogP contribution is -2.92. The standard InChI is InChI=1S/C27H31NO/c1-20(2)25-26(23-16-10-5-11-17-23)28-24(22-14-8-4-9-15-22)19-27(25,29)18-21-12-6-3-7-13-21/h3-17,20,24-26,28-29H,18-19H2,1-2H3/p+1/t24-,25+,26+,27+/m0/s1. The number of aliphatic hydroxyl groups is 1. The van der Waals surface area contributed by atoms with Crippen LogP contribution in [0.2, 0.25) is 0 Å². The Morgan fingerprint density at radius 3 is 1.90 bits per heavy atom. The van der Waals surface area contributed by atoms with Crippen LogP contribution < -0.4 is 5.32 Å². The van der Waals surface area contributed by atoms with Crippen LogP contribution in [0.5, 0.6) is 0 Å². The van der Waals surface area contributed by atoms with Crippen LogP contribution in [-0.2, 0) is 6.42 Å². The van der Waals surface area contributed by atoms with Gasteiger partial charge in [-0.05, 0) is 11.5 Å². The predicted octanol–water partition coefficient (Wildman–Crippen LogP) is 4.68. The highest BCUT2D eigenvalue weighted by Gasteiger charge is 2.52. The summed E-state index contributed by atoms with van der Waals surface area (Å²) in [5.41, 5.74) is 3.05. The van der Waals surface area contributed by atoms with E-state index in [1.807, 2.05) is 6.07 Å². The van der Waals surface area contributed by atoms with E-state index >= 15 is 0 Å². The van der Waals surface area contributed by atoms with Crippen LogP contribution >= 0.6 is 0 Å². The number of piperidine rings is 1. The normalized spacial score (nSPS) is 27.1. The lowest BCUT2D eigenvalue weighted by atomic mass is 9.64. The average Bonchev–Trinajstić information content (AvgIpc) is 2.74. The summed E-state index contributed by atoms with van der Waals surface area (Å²) in [5, 5.41) is 14.7. The molecule has 4 atom stereocenters. The quantitative estimate of drug-likeness (QED) is 0.656. The lowest BCUT2D eigenvalue weighted by Gasteiger charge is -2.48. The molecule has 0 radical (unpaired) electrons. The SMILES string of the molecule is CC(C)[C@@H]1[C@@H](c2ccccc2)[NH2+][C@H](c2ccccc2)C[C@]1(O)Cc1ccccc1. The minimum absolute atomic E-state index is 0.171. The van der Waals surface area contributed by atoms with Gasteiger partial charge in [-0.15, -0.1) is 0 Å². The summed E-state index contributed by atoms with van der Waals surface area (Å²) in [6, 6.07) is 32.3. The van der Waals surface area contributed by atoms with Gasteiger partial charge >= 0.3 is 0 Å². The molecule has 0 unspecified atom stereocenters. The summed E-state index contributed by atoms with van der Waals surface area (Å²) >= 11 is 0. The highest BCUT2D eigenvalue weighted by atomic mass is 16.3. The molecule has 1 heterocycles. The first-order valence-electron chi connectivity index (χ1n) is 10.8. The van der Waals surface area contributed by atoms with Crippen molar-refractivity contribution in [3.05, 3.63) is 108 Å². The monoisotopic (exact) mass is 386 g/mol. The van der Waals surface area contributed by atoms with E-state index in [2.05, 4.69) is 104 Å². The van der Waals surface area contributed by atoms with Crippen LogP contribution in [0, 0.1) is 11.8 Å². The number of nitrogens with two attached hydrogens (primary N) is 1. The summed E-state index contributed by atoms with van der Waals surface area (Å²) in [5.74, 6) is 0.548. The molecule has 3 aromatic rings. The molecule has 2 nitrogen and oxygen atoms in total. The van der Waals surface area contributed by atoms with Gasteiger partial charge in [-0.2, -0.15) is 0 Å². The Morgan fingerprint density at radius 1 is 0.828 bits per heavy atom. The molecule has 150 valence electrons. The third-order valence-electron chi connectivity index (χ3n) is 6.50. The minimum atomic E-state index is -0.759. The zero-order chi connectivity index (χ0) is 20.3. The van der Waals surface area contributed by atoms with Gasteiger partial charge in [0, 0.05) is 29.9 Å². The largest absolute Gasteiger partial charge is 0.389 e. The molecule has 1 saturated heterocycles. The van der Waals surface area contributed by atoms with E-state index in [-0.39, 0.29) is 18.0 Å². The van der Waals surface area contributed by atoms with E-state index in [4.69, 9.17) is 0 Å². The van der Waals surface area contributed by atoms with E-state index in [1.54, 1.807) is 0 Å². The molecule has 0 bridgehead atoms. The Morgan fingerprint density at radius 2 is 1.34 bits per heavy atom. The van der Waals surface area contributed by atoms with Crippen molar-refractivity contribution in [3.63, 3.8) is 0 Å². The van der Waals surface area contributed by atoms with Crippen molar-refractivity contribution in [1.82, 2.24) is 0 Å². The Bertz CT molecular complexity index is 894. The van der Waals surface area contributed by atoms with Crippen LogP contribution in [0.15, 0.2) is 91.0 Å². The van der Waals surface area contributed by atoms with Crippen LogP contribution in [0.3, 0.4) is 0 Å². The van der Waals surface area contributed by atoms with Gasteiger partial charge in [0.15, 0.2) is 0 Å². The smallest absolute Gasteiger partial charge is 0.118 e. The fourth-order valence-electron chi connectivity index (χ4n) is 5.39. The Balaban J connectivity index is 1.77. The van der Waals surface area contributed by atoms with Crippen molar-refractivity contribution in [2.75, 3.05) is 0 Å². The van der Waals surface area contributed by atoms with E-state index in [9.17, 15) is 5.11 Å². The molecular weight excluding hydrogens is 354 g/mol. The average molecular weight is 387 g/mol. The maximum absolute atomic E-state index is 12.2. The molecule has 1 fully saturated rings. The van der Waals surface area contributed by atoms with E-state index in [0.29, 0.717) is 12.3 Å². The Labute approximate surface area is 174 Å². The first-order valence-corrected chi connectivity index (χ1v) is 10.8. The zero-order valence-corrected chi connectivity index (χ0v) is 17.4. The van der Waals surface area contributed by atoms with Crippen LogP contribution in [0.4, 0.5) is 0 Å². The molecule has 0 aromatic heterocycles. The molecule has 3 aromatic carbocycles. The molecular formula is C27H32NO+. The summed E-state index contributed by atoms with van der Waals surface area (Å²) in [4.78, 5) is 0. The fraction of sp³-hybridized carbons (Fsp3) is 0.333. The van der Waals surface area contributed by atoms with Gasteiger partial charge in [-0.3, -0.25) is 0 Å². The van der Waals surface area contributed by atoms with Crippen molar-refractivity contribution in [3.8, 4) is 0 Å². The van der Waals surface area contributed by atoms with E-state index in [1.165, 1.54) is 16.7 Å². The third kappa shape index (κ3) is 4.29. The van der Waals surface area contributed by atoms with E-state index in [0.717, 1.165) is 6.42 Å². The van der Waals surface area contributed by atoms with Gasteiger partial charge in [0.25, 0.3) is 0 Å². The van der Waals surface area contributed by atoms with Crippen molar-refractivity contribution in [2.24, 2.45) is 11.8 Å². The molecule has 3 N–H and O–H groups in total. The molecule has 0 aliphatic carbocycles. The second-order valence-corrected chi connectivity index (χ2v) is 8.89. The predicted molar refractivity (Wildman–Crippen MR) is 118 cm³/mol. The maximum Gasteiger partial charge on any atom is 0.118 e. The Hall–Kier alpha value is -2.42. The highest BCUT2D eigenvalue weighted by molar-refractivity contribution is 5.25. The third-order valence-corrected chi connectivity index (χ3v) is 6.50. The fourth-order valence-corrected chi connectivity index (χ4v) is 5.39. The van der Waals surface area contributed by atoms with Crippen LogP contribution in [-0.4, -0.2) is 10.7 Å². The molecule has 0 amide bonds. The molecule has 2 heteroatoms. The van der Waals surface area contributed by atoms with Gasteiger partial charge in [-0.25, -0.2) is 0 Å². The molecule has 29 heavy (non-hydrogen) atoms. The minimum Gasteiger partial charge on any atom is -0.389 e. The lowest BCUT2D eigenvalue weighted by molar-refractivity contribution is -0.758. The summed E-state index contributed by atoms with van der Waals surface area (Å²) in [7, 11) is 0. The molecule has 1 aliphatic rings. The first kappa shape index (κ1) is 19.9. The molecule has 1 aliphatic heterocycles. The second kappa shape index (κ2) is 8.52. The summed E-state index contributed by atoms with van der Waals surface area (Å²) in [6.45, 7) is 4.51. The Kier molecular flexibility index (Phi) is 5.84. The van der Waals surface area contributed by atoms with Gasteiger partial charge in [0.05, 0.1) is 5.60 Å². The number of quaternary nitrogens is 1. The number of benzene rings is 3. The van der Waals surface area contributed by atoms with Crippen LogP contribution in [0.25, 0.3) is 0 Å². The maximum atomic E-state index is 12.2. The van der Waals surface area contributed by atoms with Gasteiger partial charge < -0.3 is 10.4 Å². The van der Waals surface area contributed by atoms with Crippen LogP contribution in [0.1, 0.15) is 49.0 Å². The number of hydrogen-bond acceptors (Lipinski definition) is 1. The number of hydrogen-bond donors (Lipinski definition) is 2. The second-order valence-electron chi connectivity index (χ2n) is 8.89. The van der Waals surface area contributed by atoms with Gasteiger partial charge in [0.2, 0.25) is 0 Å². The molecule has 0 saturated carbocycles. The van der Waals surface area contributed by atoms with E-state index < -0.39 is 5.60 Å². The highest BCUT2D eigenvalue weighted by Crippen LogP contribution is 2.44. The van der Waals surface area contributed by atoms with Crippen molar-refractivity contribution < 1.29 is 10.4 Å². The van der Waals surface area contributed by atoms with Gasteiger partial charge in [-0.1, -0.05) is 105 Å². The van der Waals surface area contributed by atoms with Gasteiger partial charge in [0.1, 0.15) is 12.1 Å². The van der Waals surface area contributed by atoms with Crippen molar-refractivity contribution in [1.29, 1.82) is 0 Å². The first-order chi connectivity index (χ1) is 14.1.